The monoisotopic (exact) mass is 364 g/mol. The highest BCUT2D eigenvalue weighted by Crippen LogP contribution is 2.29. The van der Waals surface area contributed by atoms with Crippen LogP contribution in [-0.4, -0.2) is 53.9 Å². The number of hydrogen-bond donors (Lipinski definition) is 0. The Labute approximate surface area is 159 Å². The van der Waals surface area contributed by atoms with Gasteiger partial charge < -0.3 is 14.5 Å². The van der Waals surface area contributed by atoms with Crippen molar-refractivity contribution in [3.8, 4) is 5.75 Å². The van der Waals surface area contributed by atoms with Crippen molar-refractivity contribution in [2.75, 3.05) is 26.2 Å². The Morgan fingerprint density at radius 1 is 0.889 bits per heavy atom. The first-order chi connectivity index (χ1) is 13.2. The van der Waals surface area contributed by atoms with E-state index in [-0.39, 0.29) is 24.5 Å². The largest absolute Gasteiger partial charge is 0.484 e. The van der Waals surface area contributed by atoms with Crippen LogP contribution in [0.5, 0.6) is 5.75 Å². The van der Waals surface area contributed by atoms with Gasteiger partial charge in [-0.15, -0.1) is 0 Å². The van der Waals surface area contributed by atoms with E-state index in [0.29, 0.717) is 36.9 Å². The molecule has 5 nitrogen and oxygen atoms in total. The van der Waals surface area contributed by atoms with Crippen LogP contribution in [0.15, 0.2) is 60.7 Å². The van der Waals surface area contributed by atoms with Gasteiger partial charge in [0, 0.05) is 31.2 Å². The lowest BCUT2D eigenvalue weighted by atomic mass is 9.95. The van der Waals surface area contributed by atoms with Crippen LogP contribution in [0.25, 0.3) is 0 Å². The van der Waals surface area contributed by atoms with Gasteiger partial charge in [-0.3, -0.25) is 9.59 Å². The van der Waals surface area contributed by atoms with Gasteiger partial charge in [-0.25, -0.2) is 0 Å². The maximum atomic E-state index is 12.9. The topological polar surface area (TPSA) is 49.9 Å². The number of amides is 2. The van der Waals surface area contributed by atoms with Crippen LogP contribution >= 0.6 is 0 Å². The summed E-state index contributed by atoms with van der Waals surface area (Å²) < 4.78 is 5.64. The smallest absolute Gasteiger partial charge is 0.260 e. The molecule has 2 amide bonds. The summed E-state index contributed by atoms with van der Waals surface area (Å²) in [5.74, 6) is 1.09. The summed E-state index contributed by atoms with van der Waals surface area (Å²) in [6, 6.07) is 18.9. The summed E-state index contributed by atoms with van der Waals surface area (Å²) in [5.41, 5.74) is 0.712. The van der Waals surface area contributed by atoms with Crippen molar-refractivity contribution in [2.45, 2.75) is 18.9 Å². The third-order valence-electron chi connectivity index (χ3n) is 5.45. The fourth-order valence-electron chi connectivity index (χ4n) is 4.06. The molecule has 0 radical (unpaired) electrons. The number of para-hydroxylation sites is 1. The van der Waals surface area contributed by atoms with Gasteiger partial charge in [-0.1, -0.05) is 36.4 Å². The normalized spacial score (nSPS) is 21.6. The molecule has 5 heteroatoms. The maximum absolute atomic E-state index is 12.9. The SMILES string of the molecule is O=C(c1ccccc1)N1C[C@H]2CC[C@@H](C1)N(C(=O)COc1ccccc1)C2. The van der Waals surface area contributed by atoms with Crippen molar-refractivity contribution in [2.24, 2.45) is 5.92 Å². The molecule has 5 rings (SSSR count). The van der Waals surface area contributed by atoms with E-state index in [0.717, 1.165) is 12.8 Å². The molecule has 2 aromatic rings. The number of ether oxygens (including phenoxy) is 1. The maximum Gasteiger partial charge on any atom is 0.260 e. The third kappa shape index (κ3) is 3.97. The summed E-state index contributed by atoms with van der Waals surface area (Å²) in [6.45, 7) is 2.06. The Hall–Kier alpha value is -2.82. The molecule has 140 valence electrons. The molecule has 0 saturated carbocycles. The molecule has 3 aliphatic heterocycles. The second-order valence-electron chi connectivity index (χ2n) is 7.32. The van der Waals surface area contributed by atoms with E-state index < -0.39 is 0 Å². The van der Waals surface area contributed by atoms with Crippen LogP contribution in [0.2, 0.25) is 0 Å². The minimum Gasteiger partial charge on any atom is -0.484 e. The van der Waals surface area contributed by atoms with E-state index in [1.165, 1.54) is 0 Å². The molecule has 2 bridgehead atoms. The molecule has 0 spiro atoms. The molecule has 0 N–H and O–H groups in total. The molecule has 0 aromatic heterocycles. The summed E-state index contributed by atoms with van der Waals surface area (Å²) >= 11 is 0. The summed E-state index contributed by atoms with van der Waals surface area (Å²) in [6.07, 6.45) is 2.01. The van der Waals surface area contributed by atoms with Crippen molar-refractivity contribution < 1.29 is 14.3 Å². The third-order valence-corrected chi connectivity index (χ3v) is 5.45. The molecule has 3 saturated heterocycles. The van der Waals surface area contributed by atoms with Gasteiger partial charge in [-0.05, 0) is 43.0 Å². The highest BCUT2D eigenvalue weighted by Gasteiger charge is 2.38. The molecule has 27 heavy (non-hydrogen) atoms. The summed E-state index contributed by atoms with van der Waals surface area (Å²) in [5, 5.41) is 0. The lowest BCUT2D eigenvalue weighted by Gasteiger charge is -2.36. The molecular weight excluding hydrogens is 340 g/mol. The van der Waals surface area contributed by atoms with E-state index in [4.69, 9.17) is 4.74 Å². The lowest BCUT2D eigenvalue weighted by Crippen LogP contribution is -2.49. The average molecular weight is 364 g/mol. The number of nitrogens with zero attached hydrogens (tertiary/aromatic N) is 2. The quantitative estimate of drug-likeness (QED) is 0.838. The number of benzene rings is 2. The number of piperidine rings is 1. The number of hydrogen-bond acceptors (Lipinski definition) is 3. The lowest BCUT2D eigenvalue weighted by molar-refractivity contribution is -0.137. The predicted octanol–water partition coefficient (Wildman–Crippen LogP) is 2.83. The van der Waals surface area contributed by atoms with Crippen molar-refractivity contribution >= 4 is 11.8 Å². The molecule has 0 unspecified atom stereocenters. The van der Waals surface area contributed by atoms with Gasteiger partial charge in [0.15, 0.2) is 6.61 Å². The van der Waals surface area contributed by atoms with Gasteiger partial charge >= 0.3 is 0 Å². The molecule has 0 aliphatic carbocycles. The van der Waals surface area contributed by atoms with Gasteiger partial charge in [0.2, 0.25) is 0 Å². The van der Waals surface area contributed by atoms with E-state index in [1.54, 1.807) is 0 Å². The molecule has 3 fully saturated rings. The van der Waals surface area contributed by atoms with Crippen LogP contribution in [-0.2, 0) is 4.79 Å². The Kier molecular flexibility index (Phi) is 5.10. The first-order valence-corrected chi connectivity index (χ1v) is 9.52. The van der Waals surface area contributed by atoms with E-state index in [1.807, 2.05) is 70.5 Å². The average Bonchev–Trinajstić information content (AvgIpc) is 3.05. The zero-order chi connectivity index (χ0) is 18.6. The van der Waals surface area contributed by atoms with Gasteiger partial charge in [-0.2, -0.15) is 0 Å². The van der Waals surface area contributed by atoms with Crippen molar-refractivity contribution in [1.82, 2.24) is 9.80 Å². The summed E-state index contributed by atoms with van der Waals surface area (Å²) in [4.78, 5) is 29.5. The fraction of sp³-hybridized carbons (Fsp3) is 0.364. The Bertz CT molecular complexity index is 794. The molecular formula is C22H24N2O3. The molecule has 2 aromatic carbocycles. The number of rotatable bonds is 4. The second-order valence-corrected chi connectivity index (χ2v) is 7.32. The van der Waals surface area contributed by atoms with Crippen LogP contribution in [0.3, 0.4) is 0 Å². The second kappa shape index (κ2) is 7.82. The highest BCUT2D eigenvalue weighted by molar-refractivity contribution is 5.94. The van der Waals surface area contributed by atoms with E-state index in [2.05, 4.69) is 0 Å². The van der Waals surface area contributed by atoms with Crippen molar-refractivity contribution in [3.05, 3.63) is 66.2 Å². The van der Waals surface area contributed by atoms with Gasteiger partial charge in [0.05, 0.1) is 0 Å². The number of carbonyl (C=O) groups excluding carboxylic acids is 2. The van der Waals surface area contributed by atoms with E-state index >= 15 is 0 Å². The first-order valence-electron chi connectivity index (χ1n) is 9.52. The zero-order valence-electron chi connectivity index (χ0n) is 15.3. The Balaban J connectivity index is 1.42. The Morgan fingerprint density at radius 3 is 2.33 bits per heavy atom. The van der Waals surface area contributed by atoms with Crippen LogP contribution in [0, 0.1) is 5.92 Å². The highest BCUT2D eigenvalue weighted by atomic mass is 16.5. The van der Waals surface area contributed by atoms with Gasteiger partial charge in [0.25, 0.3) is 11.8 Å². The zero-order valence-corrected chi connectivity index (χ0v) is 15.3. The molecule has 2 atom stereocenters. The minimum atomic E-state index is 0.00237. The Morgan fingerprint density at radius 2 is 1.59 bits per heavy atom. The van der Waals surface area contributed by atoms with Crippen molar-refractivity contribution in [3.63, 3.8) is 0 Å². The summed E-state index contributed by atoms with van der Waals surface area (Å²) in [7, 11) is 0. The van der Waals surface area contributed by atoms with Crippen LogP contribution in [0.4, 0.5) is 0 Å². The minimum absolute atomic E-state index is 0.00237. The number of fused-ring (bicyclic) bond motifs is 4. The fourth-order valence-corrected chi connectivity index (χ4v) is 4.06. The standard InChI is InChI=1S/C22H24N2O3/c25-21(16-27-20-9-5-2-6-10-20)24-14-17-11-12-19(24)15-23(13-17)22(26)18-7-3-1-4-8-18/h1-10,17,19H,11-16H2/t17-,19+/m1/s1. The number of carbonyl (C=O) groups is 2. The van der Waals surface area contributed by atoms with Crippen LogP contribution in [0.1, 0.15) is 23.2 Å². The molecule has 3 heterocycles. The van der Waals surface area contributed by atoms with Crippen molar-refractivity contribution in [1.29, 1.82) is 0 Å². The first kappa shape index (κ1) is 17.6. The van der Waals surface area contributed by atoms with E-state index in [9.17, 15) is 9.59 Å². The molecule has 3 aliphatic rings. The predicted molar refractivity (Wildman–Crippen MR) is 103 cm³/mol. The van der Waals surface area contributed by atoms with Crippen LogP contribution < -0.4 is 4.74 Å². The van der Waals surface area contributed by atoms with Gasteiger partial charge in [0.1, 0.15) is 5.75 Å².